The molecule has 0 saturated carbocycles. The summed E-state index contributed by atoms with van der Waals surface area (Å²) < 4.78 is 106. The Morgan fingerprint density at radius 2 is 1.25 bits per heavy atom. The maximum Gasteiger partial charge on any atom is 0.269 e. The normalized spacial score (nSPS) is 16.4. The van der Waals surface area contributed by atoms with Crippen molar-refractivity contribution in [2.75, 3.05) is 0 Å². The first-order chi connectivity index (χ1) is 38.6. The summed E-state index contributed by atoms with van der Waals surface area (Å²) in [6.07, 6.45) is 6.38. The van der Waals surface area contributed by atoms with Gasteiger partial charge in [0.25, 0.3) is 6.33 Å². The fraction of sp³-hybridized carbons (Fsp3) is 0.224. The first kappa shape index (κ1) is 35.4. The minimum absolute atomic E-state index is 0.0552. The monoisotopic (exact) mass is 950 g/mol. The van der Waals surface area contributed by atoms with E-state index >= 15 is 0 Å². The summed E-state index contributed by atoms with van der Waals surface area (Å²) in [5.41, 5.74) is 8.95. The van der Waals surface area contributed by atoms with E-state index in [4.69, 9.17) is 27.8 Å². The van der Waals surface area contributed by atoms with Crippen molar-refractivity contribution in [2.24, 2.45) is 0 Å². The number of nitrogens with zero attached hydrogens (tertiary/aromatic N) is 3. The van der Waals surface area contributed by atoms with E-state index in [1.165, 1.54) is 16.5 Å². The highest BCUT2D eigenvalue weighted by molar-refractivity contribution is 6.19. The standard InChI is InChI=1S/C67H61N3O2/c1-64(2,3)44-31-32-68-57(35-44)54-38-48(37-52-53-39-56-60-51(62(53)72-63(52)54)27-20-28-55(60)66(7,8)40-67(56,9)10)71-47-34-45(65(4,5)6)33-46(36-47)69-41-70(59-30-18-17-29-58(59)69)61-49(42-21-13-11-14-22-42)25-19-26-50(61)43-23-15-12-16-24-43/h11-39H,40H2,1-10H3/i11D,12D,13D,14D,15D,16D,21D,22D,23D,24D. The van der Waals surface area contributed by atoms with Crippen molar-refractivity contribution >= 4 is 43.7 Å². The van der Waals surface area contributed by atoms with Crippen molar-refractivity contribution in [1.29, 1.82) is 0 Å². The average molecular weight is 950 g/mol. The molecule has 0 unspecified atom stereocenters. The number of aromatic nitrogens is 3. The zero-order valence-electron chi connectivity index (χ0n) is 52.3. The summed E-state index contributed by atoms with van der Waals surface area (Å²) >= 11 is 0. The largest absolute Gasteiger partial charge is 0.458 e. The maximum atomic E-state index is 9.17. The van der Waals surface area contributed by atoms with Crippen LogP contribution in [0.5, 0.6) is 11.5 Å². The third-order valence-corrected chi connectivity index (χ3v) is 14.5. The predicted molar refractivity (Wildman–Crippen MR) is 297 cm³/mol. The van der Waals surface area contributed by atoms with Crippen molar-refractivity contribution in [3.05, 3.63) is 204 Å². The van der Waals surface area contributed by atoms with E-state index in [9.17, 15) is 0 Å². The van der Waals surface area contributed by atoms with E-state index in [2.05, 4.69) is 124 Å². The molecule has 0 atom stereocenters. The van der Waals surface area contributed by atoms with Crippen LogP contribution in [0.15, 0.2) is 180 Å². The lowest BCUT2D eigenvalue weighted by atomic mass is 9.61. The molecule has 0 bridgehead atoms. The van der Waals surface area contributed by atoms with Crippen molar-refractivity contribution < 1.29 is 27.4 Å². The van der Waals surface area contributed by atoms with Gasteiger partial charge in [-0.3, -0.25) is 14.1 Å². The number of rotatable bonds is 7. The number of pyridine rings is 1. The molecule has 5 heteroatoms. The Hall–Kier alpha value is -7.76. The molecule has 0 fully saturated rings. The fourth-order valence-corrected chi connectivity index (χ4v) is 11.2. The van der Waals surface area contributed by atoms with Crippen LogP contribution in [0.2, 0.25) is 0 Å². The Morgan fingerprint density at radius 1 is 0.611 bits per heavy atom. The van der Waals surface area contributed by atoms with Gasteiger partial charge >= 0.3 is 0 Å². The molecule has 0 saturated heterocycles. The summed E-state index contributed by atoms with van der Waals surface area (Å²) in [7, 11) is 0. The van der Waals surface area contributed by atoms with Crippen LogP contribution in [0.25, 0.3) is 88.6 Å². The summed E-state index contributed by atoms with van der Waals surface area (Å²) in [5.74, 6) is 1.07. The summed E-state index contributed by atoms with van der Waals surface area (Å²) in [4.78, 5) is 4.98. The number of hydrogen-bond donors (Lipinski definition) is 0. The highest BCUT2D eigenvalue weighted by Crippen LogP contribution is 2.53. The second-order valence-corrected chi connectivity index (χ2v) is 22.6. The van der Waals surface area contributed by atoms with E-state index in [0.717, 1.165) is 50.5 Å². The summed E-state index contributed by atoms with van der Waals surface area (Å²) in [6.45, 7) is 22.2. The first-order valence-electron chi connectivity index (χ1n) is 29.6. The number of para-hydroxylation sites is 3. The van der Waals surface area contributed by atoms with Crippen LogP contribution in [0, 0.1) is 6.33 Å². The molecule has 0 amide bonds. The molecule has 0 N–H and O–H groups in total. The van der Waals surface area contributed by atoms with Gasteiger partial charge in [-0.15, -0.1) is 0 Å². The van der Waals surface area contributed by atoms with Crippen molar-refractivity contribution in [3.8, 4) is 56.4 Å². The fourth-order valence-electron chi connectivity index (χ4n) is 11.2. The van der Waals surface area contributed by atoms with Gasteiger partial charge in [-0.2, -0.15) is 0 Å². The van der Waals surface area contributed by atoms with Gasteiger partial charge in [0, 0.05) is 27.9 Å². The van der Waals surface area contributed by atoms with E-state index in [1.54, 1.807) is 22.8 Å². The molecule has 5 nitrogen and oxygen atoms in total. The third kappa shape index (κ3) is 7.60. The lowest BCUT2D eigenvalue weighted by Crippen LogP contribution is -2.34. The van der Waals surface area contributed by atoms with Crippen LogP contribution in [0.3, 0.4) is 0 Å². The number of hydrogen-bond acceptors (Lipinski definition) is 3. The van der Waals surface area contributed by atoms with Gasteiger partial charge in [0.15, 0.2) is 0 Å². The number of ether oxygens (including phenoxy) is 1. The van der Waals surface area contributed by atoms with E-state index in [-0.39, 0.29) is 44.2 Å². The van der Waals surface area contributed by atoms with Gasteiger partial charge in [-0.05, 0) is 127 Å². The molecule has 8 aromatic carbocycles. The Labute approximate surface area is 437 Å². The zero-order chi connectivity index (χ0) is 58.6. The Morgan fingerprint density at radius 3 is 1.94 bits per heavy atom. The minimum Gasteiger partial charge on any atom is -0.458 e. The highest BCUT2D eigenvalue weighted by Gasteiger charge is 2.40. The van der Waals surface area contributed by atoms with Crippen molar-refractivity contribution in [2.45, 2.75) is 97.3 Å². The molecule has 0 radical (unpaired) electrons. The summed E-state index contributed by atoms with van der Waals surface area (Å²) in [6, 6.07) is 30.3. The van der Waals surface area contributed by atoms with Crippen LogP contribution in [-0.2, 0) is 21.7 Å². The van der Waals surface area contributed by atoms with Crippen LogP contribution in [0.4, 0.5) is 0 Å². The Bertz CT molecular complexity index is 4410. The topological polar surface area (TPSA) is 44.1 Å². The quantitative estimate of drug-likeness (QED) is 0.118. The van der Waals surface area contributed by atoms with Gasteiger partial charge in [0.2, 0.25) is 0 Å². The number of imidazole rings is 1. The molecule has 356 valence electrons. The van der Waals surface area contributed by atoms with E-state index in [0.29, 0.717) is 33.8 Å². The highest BCUT2D eigenvalue weighted by atomic mass is 16.5. The maximum absolute atomic E-state index is 9.17. The van der Waals surface area contributed by atoms with Crippen molar-refractivity contribution in [1.82, 2.24) is 9.55 Å². The van der Waals surface area contributed by atoms with E-state index < -0.39 is 65.8 Å². The minimum atomic E-state index is -0.569. The van der Waals surface area contributed by atoms with Crippen LogP contribution < -0.4 is 9.30 Å². The molecule has 1 aliphatic carbocycles. The SMILES string of the molecule is [2H]c1c([2H])c([2H])c(-c2cccc(-c3c([2H])c([2H])c([2H])c([2H])c3[2H])c2-[n+]2[c-]n(-c3cc(Oc4cc(-c5cc(C(C)(C)C)ccn5)c5oc6c7cccc8c7c(cc6c5c4)C(C)(C)CC8(C)C)cc(C(C)(C)C)c3)c3ccccc32)c([2H])c1[2H]. The second-order valence-electron chi connectivity index (χ2n) is 22.6. The Kier molecular flexibility index (Phi) is 8.05. The molecule has 0 spiro atoms. The van der Waals surface area contributed by atoms with Crippen LogP contribution in [0.1, 0.15) is 112 Å². The molecule has 11 aromatic rings. The lowest BCUT2D eigenvalue weighted by Gasteiger charge is -2.42. The number of fused-ring (bicyclic) bond motifs is 5. The summed E-state index contributed by atoms with van der Waals surface area (Å²) in [5, 5.41) is 4.18. The zero-order valence-corrected chi connectivity index (χ0v) is 42.3. The number of benzene rings is 8. The van der Waals surface area contributed by atoms with Crippen molar-refractivity contribution in [3.63, 3.8) is 0 Å². The Balaban J connectivity index is 1.10. The molecule has 0 aliphatic heterocycles. The van der Waals surface area contributed by atoms with Crippen LogP contribution in [-0.4, -0.2) is 9.55 Å². The van der Waals surface area contributed by atoms with E-state index in [1.807, 2.05) is 53.2 Å². The molecule has 72 heavy (non-hydrogen) atoms. The third-order valence-electron chi connectivity index (χ3n) is 14.5. The molecule has 3 heterocycles. The predicted octanol–water partition coefficient (Wildman–Crippen LogP) is 17.5. The second kappa shape index (κ2) is 16.4. The molecular weight excluding hydrogens is 879 g/mol. The van der Waals surface area contributed by atoms with Gasteiger partial charge in [0.1, 0.15) is 22.7 Å². The molecule has 3 aromatic heterocycles. The lowest BCUT2D eigenvalue weighted by molar-refractivity contribution is -0.571. The van der Waals surface area contributed by atoms with Gasteiger partial charge in [0.05, 0.1) is 41.8 Å². The van der Waals surface area contributed by atoms with Crippen LogP contribution >= 0.6 is 0 Å². The van der Waals surface area contributed by atoms with Gasteiger partial charge < -0.3 is 9.15 Å². The smallest absolute Gasteiger partial charge is 0.269 e. The number of furan rings is 1. The molecule has 12 rings (SSSR count). The average Bonchev–Trinajstić information content (AvgIpc) is 3.89. The molecule has 1 aliphatic rings. The molecular formula is C67H61N3O2. The van der Waals surface area contributed by atoms with Gasteiger partial charge in [-0.1, -0.05) is 190 Å². The van der Waals surface area contributed by atoms with Gasteiger partial charge in [-0.25, -0.2) is 0 Å². The first-order valence-corrected chi connectivity index (χ1v) is 24.6.